The highest BCUT2D eigenvalue weighted by Crippen LogP contribution is 2.34. The van der Waals surface area contributed by atoms with Crippen molar-refractivity contribution < 1.29 is 19.4 Å². The smallest absolute Gasteiger partial charge is 0.310 e. The van der Waals surface area contributed by atoms with Gasteiger partial charge in [0.05, 0.1) is 10.9 Å². The fourth-order valence-electron chi connectivity index (χ4n) is 1.09. The van der Waals surface area contributed by atoms with Gasteiger partial charge in [0.2, 0.25) is 0 Å². The molecule has 0 heterocycles. The Bertz CT molecular complexity index is 379. The van der Waals surface area contributed by atoms with E-state index in [9.17, 15) is 14.3 Å². The maximum atomic E-state index is 13.2. The van der Waals surface area contributed by atoms with E-state index in [-0.39, 0.29) is 10.6 Å². The summed E-state index contributed by atoms with van der Waals surface area (Å²) in [5.41, 5.74) is -0.287. The quantitative estimate of drug-likeness (QED) is 0.801. The summed E-state index contributed by atoms with van der Waals surface area (Å²) in [4.78, 5) is 10.6. The summed E-state index contributed by atoms with van der Waals surface area (Å²) in [7, 11) is 0. The topological polar surface area (TPSA) is 57.5 Å². The van der Waals surface area contributed by atoms with Crippen molar-refractivity contribution in [2.75, 3.05) is 0 Å². The van der Waals surface area contributed by atoms with E-state index >= 15 is 0 Å². The molecular formula is C9H8ClFO3. The highest BCUT2D eigenvalue weighted by Gasteiger charge is 2.23. The molecule has 0 saturated carbocycles. The molecule has 0 aliphatic heterocycles. The molecule has 1 aromatic carbocycles. The zero-order valence-corrected chi connectivity index (χ0v) is 8.05. The van der Waals surface area contributed by atoms with Crippen LogP contribution in [0.2, 0.25) is 5.02 Å². The zero-order valence-electron chi connectivity index (χ0n) is 7.29. The van der Waals surface area contributed by atoms with Crippen LogP contribution < -0.4 is 0 Å². The SMILES string of the molecule is CC(C(=O)O)c1c(F)ccc(Cl)c1O. The van der Waals surface area contributed by atoms with E-state index in [1.165, 1.54) is 13.0 Å². The van der Waals surface area contributed by atoms with Gasteiger partial charge >= 0.3 is 5.97 Å². The van der Waals surface area contributed by atoms with Gasteiger partial charge in [-0.15, -0.1) is 0 Å². The third-order valence-corrected chi connectivity index (χ3v) is 2.22. The van der Waals surface area contributed by atoms with Gasteiger partial charge in [-0.05, 0) is 19.1 Å². The van der Waals surface area contributed by atoms with Crippen molar-refractivity contribution in [2.24, 2.45) is 0 Å². The first-order valence-electron chi connectivity index (χ1n) is 3.84. The van der Waals surface area contributed by atoms with Gasteiger partial charge in [0.1, 0.15) is 11.6 Å². The second-order valence-electron chi connectivity index (χ2n) is 2.85. The van der Waals surface area contributed by atoms with Crippen molar-refractivity contribution in [1.82, 2.24) is 0 Å². The molecule has 0 aliphatic rings. The molecule has 5 heteroatoms. The Morgan fingerprint density at radius 1 is 1.57 bits per heavy atom. The van der Waals surface area contributed by atoms with Crippen LogP contribution in [-0.2, 0) is 4.79 Å². The molecule has 3 nitrogen and oxygen atoms in total. The number of benzene rings is 1. The van der Waals surface area contributed by atoms with Gasteiger partial charge in [-0.1, -0.05) is 11.6 Å². The molecular weight excluding hydrogens is 211 g/mol. The van der Waals surface area contributed by atoms with Crippen LogP contribution in [0.4, 0.5) is 4.39 Å². The molecule has 2 N–H and O–H groups in total. The average molecular weight is 219 g/mol. The van der Waals surface area contributed by atoms with Crippen molar-refractivity contribution in [3.63, 3.8) is 0 Å². The fraction of sp³-hybridized carbons (Fsp3) is 0.222. The van der Waals surface area contributed by atoms with Crippen molar-refractivity contribution in [2.45, 2.75) is 12.8 Å². The van der Waals surface area contributed by atoms with Gasteiger partial charge in [-0.3, -0.25) is 4.79 Å². The number of aliphatic carboxylic acids is 1. The molecule has 76 valence electrons. The largest absolute Gasteiger partial charge is 0.506 e. The standard InChI is InChI=1S/C9H8ClFO3/c1-4(9(13)14)7-6(11)3-2-5(10)8(7)12/h2-4,12H,1H3,(H,13,14). The minimum Gasteiger partial charge on any atom is -0.506 e. The minimum absolute atomic E-state index is 0.0606. The first kappa shape index (κ1) is 10.8. The Morgan fingerprint density at radius 2 is 2.14 bits per heavy atom. The summed E-state index contributed by atoms with van der Waals surface area (Å²) < 4.78 is 13.2. The number of phenols is 1. The summed E-state index contributed by atoms with van der Waals surface area (Å²) in [6, 6.07) is 2.20. The number of carboxylic acids is 1. The molecule has 1 atom stereocenters. The van der Waals surface area contributed by atoms with Gasteiger partial charge in [-0.2, -0.15) is 0 Å². The summed E-state index contributed by atoms with van der Waals surface area (Å²) in [6.45, 7) is 1.27. The maximum absolute atomic E-state index is 13.2. The first-order chi connectivity index (χ1) is 6.45. The number of rotatable bonds is 2. The van der Waals surface area contributed by atoms with Gasteiger partial charge in [0.15, 0.2) is 0 Å². The predicted molar refractivity (Wildman–Crippen MR) is 49.1 cm³/mol. The molecule has 0 aromatic heterocycles. The number of hydrogen-bond acceptors (Lipinski definition) is 2. The number of halogens is 2. The molecule has 0 saturated heterocycles. The van der Waals surface area contributed by atoms with Crippen LogP contribution in [0.15, 0.2) is 12.1 Å². The van der Waals surface area contributed by atoms with E-state index in [4.69, 9.17) is 16.7 Å². The highest BCUT2D eigenvalue weighted by atomic mass is 35.5. The van der Waals surface area contributed by atoms with Crippen molar-refractivity contribution in [1.29, 1.82) is 0 Å². The zero-order chi connectivity index (χ0) is 10.9. The molecule has 0 amide bonds. The van der Waals surface area contributed by atoms with Crippen LogP contribution in [0.25, 0.3) is 0 Å². The Balaban J connectivity index is 3.32. The molecule has 14 heavy (non-hydrogen) atoms. The van der Waals surface area contributed by atoms with Gasteiger partial charge in [-0.25, -0.2) is 4.39 Å². The molecule has 1 rings (SSSR count). The van der Waals surface area contributed by atoms with Crippen molar-refractivity contribution in [3.05, 3.63) is 28.5 Å². The summed E-state index contributed by atoms with van der Waals surface area (Å²) in [5.74, 6) is -3.64. The van der Waals surface area contributed by atoms with Gasteiger partial charge < -0.3 is 10.2 Å². The second-order valence-corrected chi connectivity index (χ2v) is 3.26. The minimum atomic E-state index is -1.22. The molecule has 0 spiro atoms. The normalized spacial score (nSPS) is 12.5. The fourth-order valence-corrected chi connectivity index (χ4v) is 1.26. The first-order valence-corrected chi connectivity index (χ1v) is 4.22. The highest BCUT2D eigenvalue weighted by molar-refractivity contribution is 6.32. The van der Waals surface area contributed by atoms with Crippen LogP contribution in [0, 0.1) is 5.82 Å². The van der Waals surface area contributed by atoms with Crippen LogP contribution in [-0.4, -0.2) is 16.2 Å². The second kappa shape index (κ2) is 3.84. The van der Waals surface area contributed by atoms with Gasteiger partial charge in [0.25, 0.3) is 0 Å². The molecule has 1 unspecified atom stereocenters. The number of hydrogen-bond donors (Lipinski definition) is 2. The molecule has 0 radical (unpaired) electrons. The van der Waals surface area contributed by atoms with Crippen molar-refractivity contribution >= 4 is 17.6 Å². The van der Waals surface area contributed by atoms with E-state index in [1.54, 1.807) is 0 Å². The molecule has 0 fully saturated rings. The predicted octanol–water partition coefficient (Wildman–Crippen LogP) is 2.37. The van der Waals surface area contributed by atoms with Crippen LogP contribution in [0.1, 0.15) is 18.4 Å². The number of carboxylic acid groups (broad SMARTS) is 1. The van der Waals surface area contributed by atoms with Crippen LogP contribution in [0.3, 0.4) is 0 Å². The number of aromatic hydroxyl groups is 1. The monoisotopic (exact) mass is 218 g/mol. The Morgan fingerprint density at radius 3 is 2.64 bits per heavy atom. The lowest BCUT2D eigenvalue weighted by atomic mass is 10.00. The van der Waals surface area contributed by atoms with Crippen molar-refractivity contribution in [3.8, 4) is 5.75 Å². The third kappa shape index (κ3) is 1.80. The Hall–Kier alpha value is -1.29. The van der Waals surface area contributed by atoms with E-state index < -0.39 is 23.5 Å². The number of carbonyl (C=O) groups is 1. The van der Waals surface area contributed by atoms with E-state index in [0.717, 1.165) is 6.07 Å². The van der Waals surface area contributed by atoms with E-state index in [1.807, 2.05) is 0 Å². The molecule has 1 aromatic rings. The third-order valence-electron chi connectivity index (χ3n) is 1.92. The lowest BCUT2D eigenvalue weighted by molar-refractivity contribution is -0.138. The average Bonchev–Trinajstić information content (AvgIpc) is 2.12. The van der Waals surface area contributed by atoms with E-state index in [2.05, 4.69) is 0 Å². The molecule has 0 aliphatic carbocycles. The Labute approximate surface area is 84.7 Å². The van der Waals surface area contributed by atoms with Crippen LogP contribution >= 0.6 is 11.6 Å². The lowest BCUT2D eigenvalue weighted by Crippen LogP contribution is -2.09. The van der Waals surface area contributed by atoms with Gasteiger partial charge in [0, 0.05) is 5.56 Å². The lowest BCUT2D eigenvalue weighted by Gasteiger charge is -2.10. The summed E-state index contributed by atoms with van der Waals surface area (Å²) >= 11 is 5.52. The molecule has 0 bridgehead atoms. The van der Waals surface area contributed by atoms with E-state index in [0.29, 0.717) is 0 Å². The number of phenolic OH excluding ortho intramolecular Hbond substituents is 1. The summed E-state index contributed by atoms with van der Waals surface area (Å²) in [6.07, 6.45) is 0. The Kier molecular flexibility index (Phi) is 2.96. The summed E-state index contributed by atoms with van der Waals surface area (Å²) in [5, 5.41) is 18.0. The maximum Gasteiger partial charge on any atom is 0.310 e. The van der Waals surface area contributed by atoms with Crippen LogP contribution in [0.5, 0.6) is 5.75 Å².